The Morgan fingerprint density at radius 3 is 2.32 bits per heavy atom. The molecule has 0 aliphatic rings. The predicted molar refractivity (Wildman–Crippen MR) is 109 cm³/mol. The van der Waals surface area contributed by atoms with Gasteiger partial charge in [-0.15, -0.1) is 6.58 Å². The van der Waals surface area contributed by atoms with Crippen molar-refractivity contribution in [2.24, 2.45) is 0 Å². The molecular weight excluding hydrogens is 328 g/mol. The Morgan fingerprint density at radius 1 is 1.08 bits per heavy atom. The fourth-order valence-corrected chi connectivity index (χ4v) is 3.47. The van der Waals surface area contributed by atoms with Crippen LogP contribution in [0.3, 0.4) is 0 Å². The van der Waals surface area contributed by atoms with Crippen LogP contribution < -0.4 is 4.74 Å². The molecule has 2 aromatic carbocycles. The van der Waals surface area contributed by atoms with Crippen molar-refractivity contribution < 1.29 is 9.84 Å². The molecule has 0 radical (unpaired) electrons. The molecule has 3 heteroatoms. The molecule has 0 fully saturated rings. The molecule has 0 heterocycles. The number of hydrogen-bond donors (Lipinski definition) is 1. The maximum atomic E-state index is 9.58. The first kappa shape index (κ1) is 21.3. The minimum Gasteiger partial charge on any atom is -0.490 e. The third kappa shape index (κ3) is 5.65. The monoisotopic (exact) mass is 358 g/mol. The van der Waals surface area contributed by atoms with E-state index in [0.29, 0.717) is 0 Å². The summed E-state index contributed by atoms with van der Waals surface area (Å²) in [6.45, 7) is 16.2. The first-order valence-corrected chi connectivity index (χ1v) is 9.53. The standard InChI is InChI=1S/C20H24O2S.C2H6/c1-6-17(21)12-22-18-11-14(3)20(16(5)15(18)4)23-19-10-8-7-9-13(19)2;1-2/h6-11,17,21H,1,12H2,2-5H3;1-2H3. The molecule has 2 rings (SSSR count). The Kier molecular flexibility index (Phi) is 8.81. The number of benzene rings is 2. The lowest BCUT2D eigenvalue weighted by atomic mass is 10.1. The maximum absolute atomic E-state index is 9.58. The summed E-state index contributed by atoms with van der Waals surface area (Å²) >= 11 is 1.80. The maximum Gasteiger partial charge on any atom is 0.122 e. The van der Waals surface area contributed by atoms with Gasteiger partial charge in [-0.3, -0.25) is 0 Å². The third-order valence-corrected chi connectivity index (χ3v) is 5.48. The van der Waals surface area contributed by atoms with Gasteiger partial charge in [-0.2, -0.15) is 0 Å². The highest BCUT2D eigenvalue weighted by atomic mass is 32.2. The first-order chi connectivity index (χ1) is 11.9. The zero-order chi connectivity index (χ0) is 19.0. The van der Waals surface area contributed by atoms with Gasteiger partial charge in [0.1, 0.15) is 18.5 Å². The molecular formula is C22H30O2S. The van der Waals surface area contributed by atoms with Gasteiger partial charge in [-0.05, 0) is 62.1 Å². The first-order valence-electron chi connectivity index (χ1n) is 8.71. The molecule has 2 aromatic rings. The molecule has 1 atom stereocenters. The Bertz CT molecular complexity index is 707. The molecule has 0 saturated heterocycles. The van der Waals surface area contributed by atoms with E-state index in [9.17, 15) is 5.11 Å². The van der Waals surface area contributed by atoms with Gasteiger partial charge in [0.15, 0.2) is 0 Å². The molecule has 0 aliphatic heterocycles. The van der Waals surface area contributed by atoms with E-state index in [1.165, 1.54) is 32.6 Å². The lowest BCUT2D eigenvalue weighted by Gasteiger charge is -2.18. The second kappa shape index (κ2) is 10.3. The summed E-state index contributed by atoms with van der Waals surface area (Å²) < 4.78 is 5.75. The van der Waals surface area contributed by atoms with Crippen molar-refractivity contribution >= 4 is 11.8 Å². The van der Waals surface area contributed by atoms with Crippen molar-refractivity contribution in [2.75, 3.05) is 6.61 Å². The van der Waals surface area contributed by atoms with Crippen molar-refractivity contribution in [3.63, 3.8) is 0 Å². The van der Waals surface area contributed by atoms with Gasteiger partial charge in [0.05, 0.1) is 0 Å². The topological polar surface area (TPSA) is 29.5 Å². The van der Waals surface area contributed by atoms with Gasteiger partial charge in [0, 0.05) is 9.79 Å². The van der Waals surface area contributed by atoms with Crippen LogP contribution >= 0.6 is 11.8 Å². The molecule has 1 unspecified atom stereocenters. The lowest BCUT2D eigenvalue weighted by Crippen LogP contribution is -2.15. The Morgan fingerprint density at radius 2 is 1.72 bits per heavy atom. The van der Waals surface area contributed by atoms with E-state index in [0.717, 1.165) is 11.3 Å². The minimum atomic E-state index is -0.643. The van der Waals surface area contributed by atoms with Crippen molar-refractivity contribution in [1.82, 2.24) is 0 Å². The average Bonchev–Trinajstić information content (AvgIpc) is 2.63. The van der Waals surface area contributed by atoms with E-state index in [-0.39, 0.29) is 6.61 Å². The van der Waals surface area contributed by atoms with Crippen LogP contribution in [0, 0.1) is 27.7 Å². The number of rotatable bonds is 6. The van der Waals surface area contributed by atoms with Gasteiger partial charge in [-0.25, -0.2) is 0 Å². The molecule has 136 valence electrons. The molecule has 0 aromatic heterocycles. The van der Waals surface area contributed by atoms with E-state index in [2.05, 4.69) is 64.6 Å². The summed E-state index contributed by atoms with van der Waals surface area (Å²) in [5, 5.41) is 9.58. The Hall–Kier alpha value is -1.71. The molecule has 0 aliphatic carbocycles. The summed E-state index contributed by atoms with van der Waals surface area (Å²) in [4.78, 5) is 2.54. The van der Waals surface area contributed by atoms with Crippen molar-refractivity contribution in [3.8, 4) is 5.75 Å². The molecule has 0 amide bonds. The van der Waals surface area contributed by atoms with Crippen LogP contribution in [-0.4, -0.2) is 17.8 Å². The highest BCUT2D eigenvalue weighted by Gasteiger charge is 2.14. The molecule has 0 spiro atoms. The quantitative estimate of drug-likeness (QED) is 0.640. The number of hydrogen-bond acceptors (Lipinski definition) is 3. The van der Waals surface area contributed by atoms with E-state index < -0.39 is 6.10 Å². The van der Waals surface area contributed by atoms with Crippen LogP contribution in [0.2, 0.25) is 0 Å². The van der Waals surface area contributed by atoms with Crippen LogP contribution in [-0.2, 0) is 0 Å². The summed E-state index contributed by atoms with van der Waals surface area (Å²) in [7, 11) is 0. The highest BCUT2D eigenvalue weighted by Crippen LogP contribution is 2.38. The molecule has 0 saturated carbocycles. The lowest BCUT2D eigenvalue weighted by molar-refractivity contribution is 0.144. The van der Waals surface area contributed by atoms with Gasteiger partial charge < -0.3 is 9.84 Å². The van der Waals surface area contributed by atoms with Crippen LogP contribution in [0.15, 0.2) is 52.8 Å². The predicted octanol–water partition coefficient (Wildman–Crippen LogP) is 6.02. The minimum absolute atomic E-state index is 0.230. The fourth-order valence-electron chi connectivity index (χ4n) is 2.35. The summed E-state index contributed by atoms with van der Waals surface area (Å²) in [6.07, 6.45) is 0.841. The van der Waals surface area contributed by atoms with Crippen LogP contribution in [0.25, 0.3) is 0 Å². The van der Waals surface area contributed by atoms with E-state index in [1.807, 2.05) is 13.8 Å². The fraction of sp³-hybridized carbons (Fsp3) is 0.364. The Labute approximate surface area is 156 Å². The molecule has 2 nitrogen and oxygen atoms in total. The smallest absolute Gasteiger partial charge is 0.122 e. The number of ether oxygens (including phenoxy) is 1. The largest absolute Gasteiger partial charge is 0.490 e. The van der Waals surface area contributed by atoms with E-state index in [1.54, 1.807) is 11.8 Å². The van der Waals surface area contributed by atoms with Crippen molar-refractivity contribution in [3.05, 3.63) is 65.2 Å². The van der Waals surface area contributed by atoms with E-state index >= 15 is 0 Å². The zero-order valence-electron chi connectivity index (χ0n) is 16.2. The van der Waals surface area contributed by atoms with Gasteiger partial charge in [-0.1, -0.05) is 49.9 Å². The van der Waals surface area contributed by atoms with Crippen LogP contribution in [0.1, 0.15) is 36.1 Å². The van der Waals surface area contributed by atoms with Gasteiger partial charge >= 0.3 is 0 Å². The molecule has 0 bridgehead atoms. The average molecular weight is 359 g/mol. The summed E-state index contributed by atoms with van der Waals surface area (Å²) in [5.74, 6) is 0.829. The number of aliphatic hydroxyl groups is 1. The summed E-state index contributed by atoms with van der Waals surface area (Å²) in [5.41, 5.74) is 4.80. The zero-order valence-corrected chi connectivity index (χ0v) is 17.0. The second-order valence-corrected chi connectivity index (χ2v) is 6.80. The SMILES string of the molecule is C=CC(O)COc1cc(C)c(Sc2ccccc2C)c(C)c1C.CC. The van der Waals surface area contributed by atoms with Crippen molar-refractivity contribution in [2.45, 2.75) is 57.4 Å². The van der Waals surface area contributed by atoms with Gasteiger partial charge in [0.2, 0.25) is 0 Å². The van der Waals surface area contributed by atoms with Crippen LogP contribution in [0.5, 0.6) is 5.75 Å². The number of aryl methyl sites for hydroxylation is 2. The number of aliphatic hydroxyl groups excluding tert-OH is 1. The highest BCUT2D eigenvalue weighted by molar-refractivity contribution is 7.99. The Balaban J connectivity index is 0.00000151. The van der Waals surface area contributed by atoms with Crippen LogP contribution in [0.4, 0.5) is 0 Å². The molecule has 1 N–H and O–H groups in total. The summed E-state index contributed by atoms with van der Waals surface area (Å²) in [6, 6.07) is 10.5. The van der Waals surface area contributed by atoms with Crippen molar-refractivity contribution in [1.29, 1.82) is 0 Å². The third-order valence-electron chi connectivity index (χ3n) is 3.97. The molecule has 25 heavy (non-hydrogen) atoms. The van der Waals surface area contributed by atoms with E-state index in [4.69, 9.17) is 4.74 Å². The normalized spacial score (nSPS) is 11.3. The second-order valence-electron chi connectivity index (χ2n) is 5.75. The van der Waals surface area contributed by atoms with Gasteiger partial charge in [0.25, 0.3) is 0 Å².